The fourth-order valence-electron chi connectivity index (χ4n) is 2.68. The van der Waals surface area contributed by atoms with Crippen molar-refractivity contribution in [3.63, 3.8) is 0 Å². The molecule has 0 saturated carbocycles. The van der Waals surface area contributed by atoms with Crippen molar-refractivity contribution in [1.82, 2.24) is 14.7 Å². The van der Waals surface area contributed by atoms with Crippen molar-refractivity contribution >= 4 is 21.6 Å². The van der Waals surface area contributed by atoms with Gasteiger partial charge in [0.2, 0.25) is 0 Å². The van der Waals surface area contributed by atoms with E-state index in [9.17, 15) is 4.79 Å². The summed E-state index contributed by atoms with van der Waals surface area (Å²) in [5.41, 5.74) is 0.779. The SMILES string of the molecule is CN1CCCC(CN(C)c2cnn(C)c(=O)c2Br)C1. The minimum atomic E-state index is -0.0925. The first kappa shape index (κ1) is 14.5. The zero-order chi connectivity index (χ0) is 14.0. The lowest BCUT2D eigenvalue weighted by Crippen LogP contribution is -2.38. The number of aryl methyl sites for hydroxylation is 1. The van der Waals surface area contributed by atoms with Crippen molar-refractivity contribution < 1.29 is 0 Å². The maximum atomic E-state index is 11.9. The number of nitrogens with zero attached hydrogens (tertiary/aromatic N) is 4. The zero-order valence-corrected chi connectivity index (χ0v) is 13.4. The van der Waals surface area contributed by atoms with Crippen molar-refractivity contribution in [3.05, 3.63) is 21.0 Å². The summed E-state index contributed by atoms with van der Waals surface area (Å²) in [5, 5.41) is 4.09. The van der Waals surface area contributed by atoms with Crippen LogP contribution in [-0.2, 0) is 7.05 Å². The molecule has 0 aromatic carbocycles. The standard InChI is InChI=1S/C13H21BrN4O/c1-16-6-4-5-10(8-16)9-17(2)11-7-15-18(3)13(19)12(11)14/h7,10H,4-6,8-9H2,1-3H3. The Bertz CT molecular complexity index is 502. The third kappa shape index (κ3) is 3.36. The number of hydrogen-bond acceptors (Lipinski definition) is 4. The molecule has 0 radical (unpaired) electrons. The van der Waals surface area contributed by atoms with Crippen LogP contribution in [0.4, 0.5) is 5.69 Å². The molecule has 1 aromatic heterocycles. The van der Waals surface area contributed by atoms with E-state index in [0.29, 0.717) is 10.4 Å². The van der Waals surface area contributed by atoms with Gasteiger partial charge in [-0.2, -0.15) is 5.10 Å². The summed E-state index contributed by atoms with van der Waals surface area (Å²) in [6.45, 7) is 3.27. The Balaban J connectivity index is 2.09. The third-order valence-corrected chi connectivity index (χ3v) is 4.47. The maximum Gasteiger partial charge on any atom is 0.282 e. The van der Waals surface area contributed by atoms with Crippen LogP contribution in [-0.4, -0.2) is 48.4 Å². The Morgan fingerprint density at radius 3 is 2.95 bits per heavy atom. The molecule has 0 spiro atoms. The fourth-order valence-corrected chi connectivity index (χ4v) is 3.34. The van der Waals surface area contributed by atoms with Crippen LogP contribution in [0, 0.1) is 5.92 Å². The molecule has 5 nitrogen and oxygen atoms in total. The van der Waals surface area contributed by atoms with Gasteiger partial charge in [0.05, 0.1) is 11.9 Å². The second kappa shape index (κ2) is 6.05. The van der Waals surface area contributed by atoms with E-state index >= 15 is 0 Å². The minimum Gasteiger partial charge on any atom is -0.372 e. The Morgan fingerprint density at radius 1 is 1.53 bits per heavy atom. The Morgan fingerprint density at radius 2 is 2.26 bits per heavy atom. The number of piperidine rings is 1. The molecule has 106 valence electrons. The number of hydrogen-bond donors (Lipinski definition) is 0. The van der Waals surface area contributed by atoms with E-state index in [-0.39, 0.29) is 5.56 Å². The van der Waals surface area contributed by atoms with Gasteiger partial charge in [0.15, 0.2) is 0 Å². The molecule has 2 heterocycles. The van der Waals surface area contributed by atoms with Gasteiger partial charge in [0, 0.05) is 27.2 Å². The number of anilines is 1. The van der Waals surface area contributed by atoms with Crippen LogP contribution in [0.3, 0.4) is 0 Å². The first-order valence-corrected chi connectivity index (χ1v) is 7.40. The van der Waals surface area contributed by atoms with Crippen LogP contribution in [0.1, 0.15) is 12.8 Å². The number of likely N-dealkylation sites (tertiary alicyclic amines) is 1. The monoisotopic (exact) mass is 328 g/mol. The summed E-state index contributed by atoms with van der Waals surface area (Å²) in [4.78, 5) is 16.4. The molecule has 19 heavy (non-hydrogen) atoms. The van der Waals surface area contributed by atoms with Gasteiger partial charge >= 0.3 is 0 Å². The summed E-state index contributed by atoms with van der Waals surface area (Å²) >= 11 is 3.38. The predicted octanol–water partition coefficient (Wildman–Crippen LogP) is 1.32. The Kier molecular flexibility index (Phi) is 4.62. The van der Waals surface area contributed by atoms with Crippen LogP contribution < -0.4 is 10.5 Å². The molecule has 0 aliphatic carbocycles. The largest absolute Gasteiger partial charge is 0.372 e. The van der Waals surface area contributed by atoms with Crippen molar-refractivity contribution in [1.29, 1.82) is 0 Å². The fraction of sp³-hybridized carbons (Fsp3) is 0.692. The molecule has 0 N–H and O–H groups in total. The van der Waals surface area contributed by atoms with Gasteiger partial charge in [0.25, 0.3) is 5.56 Å². The van der Waals surface area contributed by atoms with Gasteiger partial charge in [-0.05, 0) is 48.3 Å². The second-order valence-corrected chi connectivity index (χ2v) is 6.22. The Labute approximate surface area is 122 Å². The molecule has 0 bridgehead atoms. The van der Waals surface area contributed by atoms with E-state index in [4.69, 9.17) is 0 Å². The summed E-state index contributed by atoms with van der Waals surface area (Å²) in [7, 11) is 5.85. The molecular formula is C13H21BrN4O. The molecule has 1 saturated heterocycles. The zero-order valence-electron chi connectivity index (χ0n) is 11.8. The highest BCUT2D eigenvalue weighted by molar-refractivity contribution is 9.10. The predicted molar refractivity (Wildman–Crippen MR) is 80.7 cm³/mol. The van der Waals surface area contributed by atoms with Crippen molar-refractivity contribution in [2.24, 2.45) is 13.0 Å². The van der Waals surface area contributed by atoms with E-state index < -0.39 is 0 Å². The highest BCUT2D eigenvalue weighted by Gasteiger charge is 2.20. The van der Waals surface area contributed by atoms with Crippen molar-refractivity contribution in [2.45, 2.75) is 12.8 Å². The van der Waals surface area contributed by atoms with Crippen molar-refractivity contribution in [3.8, 4) is 0 Å². The van der Waals surface area contributed by atoms with Crippen LogP contribution in [0.5, 0.6) is 0 Å². The lowest BCUT2D eigenvalue weighted by molar-refractivity contribution is 0.213. The van der Waals surface area contributed by atoms with Crippen LogP contribution >= 0.6 is 15.9 Å². The quantitative estimate of drug-likeness (QED) is 0.839. The molecule has 0 amide bonds. The molecule has 1 unspecified atom stereocenters. The Hall–Kier alpha value is -0.880. The van der Waals surface area contributed by atoms with E-state index in [1.807, 2.05) is 7.05 Å². The van der Waals surface area contributed by atoms with Gasteiger partial charge in [-0.1, -0.05) is 0 Å². The number of halogens is 1. The summed E-state index contributed by atoms with van der Waals surface area (Å²) in [5.74, 6) is 0.653. The van der Waals surface area contributed by atoms with Crippen LogP contribution in [0.2, 0.25) is 0 Å². The van der Waals surface area contributed by atoms with Gasteiger partial charge < -0.3 is 9.80 Å². The molecule has 1 atom stereocenters. The molecule has 1 aromatic rings. The van der Waals surface area contributed by atoms with E-state index in [2.05, 4.69) is 37.9 Å². The van der Waals surface area contributed by atoms with Gasteiger partial charge in [-0.3, -0.25) is 4.79 Å². The average molecular weight is 329 g/mol. The van der Waals surface area contributed by atoms with Gasteiger partial charge in [-0.15, -0.1) is 0 Å². The lowest BCUT2D eigenvalue weighted by Gasteiger charge is -2.33. The maximum absolute atomic E-state index is 11.9. The second-order valence-electron chi connectivity index (χ2n) is 5.42. The van der Waals surface area contributed by atoms with E-state index in [1.165, 1.54) is 24.1 Å². The highest BCUT2D eigenvalue weighted by Crippen LogP contribution is 2.23. The summed E-state index contributed by atoms with van der Waals surface area (Å²) < 4.78 is 1.94. The molecule has 1 fully saturated rings. The van der Waals surface area contributed by atoms with Gasteiger partial charge in [0.1, 0.15) is 4.47 Å². The van der Waals surface area contributed by atoms with E-state index in [1.54, 1.807) is 13.2 Å². The molecule has 1 aliphatic rings. The third-order valence-electron chi connectivity index (χ3n) is 3.73. The molecular weight excluding hydrogens is 308 g/mol. The molecule has 2 rings (SSSR count). The number of aromatic nitrogens is 2. The van der Waals surface area contributed by atoms with Gasteiger partial charge in [-0.25, -0.2) is 4.68 Å². The normalized spacial score (nSPS) is 20.5. The van der Waals surface area contributed by atoms with Crippen molar-refractivity contribution in [2.75, 3.05) is 38.6 Å². The smallest absolute Gasteiger partial charge is 0.282 e. The summed E-state index contributed by atoms with van der Waals surface area (Å²) in [6, 6.07) is 0. The van der Waals surface area contributed by atoms with Crippen LogP contribution in [0.25, 0.3) is 0 Å². The minimum absolute atomic E-state index is 0.0925. The average Bonchev–Trinajstić information content (AvgIpc) is 2.36. The lowest BCUT2D eigenvalue weighted by atomic mass is 9.98. The number of rotatable bonds is 3. The first-order chi connectivity index (χ1) is 8.99. The topological polar surface area (TPSA) is 41.4 Å². The summed E-state index contributed by atoms with van der Waals surface area (Å²) in [6.07, 6.45) is 4.26. The first-order valence-electron chi connectivity index (χ1n) is 6.60. The van der Waals surface area contributed by atoms with Crippen LogP contribution in [0.15, 0.2) is 15.5 Å². The van der Waals surface area contributed by atoms with E-state index in [0.717, 1.165) is 18.8 Å². The molecule has 1 aliphatic heterocycles. The molecule has 6 heteroatoms. The highest BCUT2D eigenvalue weighted by atomic mass is 79.9.